The third-order valence-electron chi connectivity index (χ3n) is 1.95. The van der Waals surface area contributed by atoms with Crippen LogP contribution in [0.15, 0.2) is 18.2 Å². The molecule has 0 atom stereocenters. The number of hydrogen-bond acceptors (Lipinski definition) is 3. The van der Waals surface area contributed by atoms with Crippen molar-refractivity contribution in [1.29, 1.82) is 0 Å². The number of nitrogens with two attached hydrogens (primary N) is 1. The average Bonchev–Trinajstić information content (AvgIpc) is 2.29. The van der Waals surface area contributed by atoms with Crippen molar-refractivity contribution in [2.45, 2.75) is 0 Å². The molecule has 0 spiro atoms. The Morgan fingerprint density at radius 2 is 2.12 bits per heavy atom. The molecule has 4 N–H and O–H groups in total. The van der Waals surface area contributed by atoms with Crippen LogP contribution in [-0.2, 0) is 4.79 Å². The zero-order valence-corrected chi connectivity index (χ0v) is 8.71. The summed E-state index contributed by atoms with van der Waals surface area (Å²) in [5.41, 5.74) is 5.41. The van der Waals surface area contributed by atoms with E-state index < -0.39 is 11.7 Å². The van der Waals surface area contributed by atoms with E-state index in [-0.39, 0.29) is 23.7 Å². The molecule has 0 unspecified atom stereocenters. The van der Waals surface area contributed by atoms with Crippen LogP contribution < -0.4 is 16.4 Å². The number of amides is 2. The number of rotatable bonds is 3. The molecule has 0 aliphatic heterocycles. The Morgan fingerprint density at radius 1 is 1.44 bits per heavy atom. The van der Waals surface area contributed by atoms with E-state index in [4.69, 9.17) is 5.73 Å². The molecule has 0 heterocycles. The number of nitrogens with one attached hydrogen (secondary N) is 2. The van der Waals surface area contributed by atoms with Gasteiger partial charge >= 0.3 is 0 Å². The predicted octanol–water partition coefficient (Wildman–Crippen LogP) is -0.116. The van der Waals surface area contributed by atoms with Crippen LogP contribution in [0.25, 0.3) is 0 Å². The second-order valence-corrected chi connectivity index (χ2v) is 3.09. The molecule has 0 saturated heterocycles. The Labute approximate surface area is 91.8 Å². The molecule has 1 rings (SSSR count). The molecule has 5 nitrogen and oxygen atoms in total. The van der Waals surface area contributed by atoms with E-state index in [9.17, 15) is 14.0 Å². The molecule has 0 aromatic heterocycles. The summed E-state index contributed by atoms with van der Waals surface area (Å²) < 4.78 is 12.8. The van der Waals surface area contributed by atoms with Crippen molar-refractivity contribution < 1.29 is 14.0 Å². The molecule has 2 amide bonds. The highest BCUT2D eigenvalue weighted by Crippen LogP contribution is 2.11. The predicted molar refractivity (Wildman–Crippen MR) is 57.2 cm³/mol. The molecule has 16 heavy (non-hydrogen) atoms. The van der Waals surface area contributed by atoms with E-state index >= 15 is 0 Å². The van der Waals surface area contributed by atoms with Gasteiger partial charge in [0.2, 0.25) is 5.91 Å². The number of carbonyl (C=O) groups excluding carboxylic acids is 2. The van der Waals surface area contributed by atoms with Gasteiger partial charge < -0.3 is 16.4 Å². The summed E-state index contributed by atoms with van der Waals surface area (Å²) in [5.74, 6) is -1.37. The Hall–Kier alpha value is -2.11. The highest BCUT2D eigenvalue weighted by Gasteiger charge is 2.08. The fraction of sp³-hybridized carbons (Fsp3) is 0.200. The lowest BCUT2D eigenvalue weighted by atomic mass is 10.2. The zero-order chi connectivity index (χ0) is 12.1. The Morgan fingerprint density at radius 3 is 2.69 bits per heavy atom. The molecule has 86 valence electrons. The molecule has 0 radical (unpaired) electrons. The lowest BCUT2D eigenvalue weighted by Crippen LogP contribution is -2.35. The topological polar surface area (TPSA) is 84.2 Å². The van der Waals surface area contributed by atoms with Gasteiger partial charge in [-0.25, -0.2) is 4.39 Å². The Bertz CT molecular complexity index is 421. The van der Waals surface area contributed by atoms with Crippen LogP contribution in [-0.4, -0.2) is 25.4 Å². The van der Waals surface area contributed by atoms with Crippen molar-refractivity contribution >= 4 is 17.5 Å². The van der Waals surface area contributed by atoms with Crippen LogP contribution in [0.2, 0.25) is 0 Å². The number of carbonyl (C=O) groups is 2. The van der Waals surface area contributed by atoms with Gasteiger partial charge in [0.05, 0.1) is 12.2 Å². The quantitative estimate of drug-likeness (QED) is 0.627. The largest absolute Gasteiger partial charge is 0.396 e. The number of halogens is 1. The first kappa shape index (κ1) is 12.0. The average molecular weight is 225 g/mol. The van der Waals surface area contributed by atoms with Crippen LogP contribution >= 0.6 is 0 Å². The Balaban J connectivity index is 2.66. The van der Waals surface area contributed by atoms with Crippen LogP contribution in [0.1, 0.15) is 10.4 Å². The van der Waals surface area contributed by atoms with E-state index in [1.54, 1.807) is 0 Å². The van der Waals surface area contributed by atoms with E-state index in [1.165, 1.54) is 19.2 Å². The maximum absolute atomic E-state index is 12.8. The third-order valence-corrected chi connectivity index (χ3v) is 1.95. The first-order valence-corrected chi connectivity index (χ1v) is 4.58. The number of nitrogen functional groups attached to an aromatic ring is 1. The summed E-state index contributed by atoms with van der Waals surface area (Å²) in [4.78, 5) is 22.3. The van der Waals surface area contributed by atoms with E-state index in [0.29, 0.717) is 0 Å². The fourth-order valence-corrected chi connectivity index (χ4v) is 1.04. The second-order valence-electron chi connectivity index (χ2n) is 3.09. The van der Waals surface area contributed by atoms with E-state index in [1.807, 2.05) is 0 Å². The van der Waals surface area contributed by atoms with Gasteiger partial charge in [-0.3, -0.25) is 9.59 Å². The van der Waals surface area contributed by atoms with Crippen molar-refractivity contribution in [3.63, 3.8) is 0 Å². The van der Waals surface area contributed by atoms with Crippen molar-refractivity contribution in [3.05, 3.63) is 29.6 Å². The number of anilines is 1. The molecule has 0 aliphatic rings. The van der Waals surface area contributed by atoms with Crippen LogP contribution in [0.3, 0.4) is 0 Å². The van der Waals surface area contributed by atoms with Gasteiger partial charge in [0.1, 0.15) is 5.82 Å². The molecular weight excluding hydrogens is 213 g/mol. The van der Waals surface area contributed by atoms with E-state index in [2.05, 4.69) is 10.6 Å². The smallest absolute Gasteiger partial charge is 0.251 e. The summed E-state index contributed by atoms with van der Waals surface area (Å²) in [5, 5.41) is 4.72. The van der Waals surface area contributed by atoms with Crippen LogP contribution in [0.4, 0.5) is 10.1 Å². The van der Waals surface area contributed by atoms with Gasteiger partial charge in [0.25, 0.3) is 5.91 Å². The third kappa shape index (κ3) is 2.94. The molecule has 0 fully saturated rings. The van der Waals surface area contributed by atoms with Gasteiger partial charge in [-0.15, -0.1) is 0 Å². The van der Waals surface area contributed by atoms with Crippen molar-refractivity contribution in [1.82, 2.24) is 10.6 Å². The van der Waals surface area contributed by atoms with Crippen molar-refractivity contribution in [2.75, 3.05) is 19.3 Å². The van der Waals surface area contributed by atoms with Crippen molar-refractivity contribution in [3.8, 4) is 0 Å². The van der Waals surface area contributed by atoms with Crippen LogP contribution in [0.5, 0.6) is 0 Å². The monoisotopic (exact) mass is 225 g/mol. The number of likely N-dealkylation sites (N-methyl/N-ethyl adjacent to an activating group) is 1. The van der Waals surface area contributed by atoms with E-state index in [0.717, 1.165) is 6.07 Å². The molecule has 0 bridgehead atoms. The molecule has 0 saturated carbocycles. The summed E-state index contributed by atoms with van der Waals surface area (Å²) in [6.45, 7) is -0.132. The summed E-state index contributed by atoms with van der Waals surface area (Å²) in [6.07, 6.45) is 0. The Kier molecular flexibility index (Phi) is 3.82. The zero-order valence-electron chi connectivity index (χ0n) is 8.71. The minimum Gasteiger partial charge on any atom is -0.396 e. The van der Waals surface area contributed by atoms with Gasteiger partial charge in [-0.1, -0.05) is 0 Å². The summed E-state index contributed by atoms with van der Waals surface area (Å²) >= 11 is 0. The van der Waals surface area contributed by atoms with Gasteiger partial charge in [0.15, 0.2) is 0 Å². The highest BCUT2D eigenvalue weighted by atomic mass is 19.1. The van der Waals surface area contributed by atoms with Gasteiger partial charge in [-0.05, 0) is 18.2 Å². The second kappa shape index (κ2) is 5.11. The minimum atomic E-state index is -0.581. The minimum absolute atomic E-state index is 0.104. The summed E-state index contributed by atoms with van der Waals surface area (Å²) in [7, 11) is 1.46. The first-order valence-electron chi connectivity index (χ1n) is 4.58. The molecular formula is C10H12FN3O2. The van der Waals surface area contributed by atoms with Crippen molar-refractivity contribution in [2.24, 2.45) is 0 Å². The first-order chi connectivity index (χ1) is 7.54. The normalized spacial score (nSPS) is 9.62. The SMILES string of the molecule is CNC(=O)CNC(=O)c1ccc(F)c(N)c1. The van der Waals surface area contributed by atoms with Gasteiger partial charge in [0, 0.05) is 12.6 Å². The van der Waals surface area contributed by atoms with Gasteiger partial charge in [-0.2, -0.15) is 0 Å². The summed E-state index contributed by atoms with van der Waals surface area (Å²) in [6, 6.07) is 3.61. The molecule has 1 aromatic carbocycles. The molecule has 0 aliphatic carbocycles. The number of hydrogen-bond donors (Lipinski definition) is 3. The lowest BCUT2D eigenvalue weighted by molar-refractivity contribution is -0.119. The number of benzene rings is 1. The lowest BCUT2D eigenvalue weighted by Gasteiger charge is -2.05. The molecule has 6 heteroatoms. The van der Waals surface area contributed by atoms with Crippen LogP contribution in [0, 0.1) is 5.82 Å². The standard InChI is InChI=1S/C10H12FN3O2/c1-13-9(15)5-14-10(16)6-2-3-7(11)8(12)4-6/h2-4H,5,12H2,1H3,(H,13,15)(H,14,16). The maximum Gasteiger partial charge on any atom is 0.251 e. The highest BCUT2D eigenvalue weighted by molar-refractivity contribution is 5.97. The molecule has 1 aromatic rings. The maximum atomic E-state index is 12.8. The fourth-order valence-electron chi connectivity index (χ4n) is 1.04.